The number of benzene rings is 2. The van der Waals surface area contributed by atoms with Crippen LogP contribution in [0.25, 0.3) is 0 Å². The lowest BCUT2D eigenvalue weighted by Gasteiger charge is -2.31. The summed E-state index contributed by atoms with van der Waals surface area (Å²) in [6, 6.07) is 9.54. The number of ether oxygens (including phenoxy) is 3. The van der Waals surface area contributed by atoms with Gasteiger partial charge in [0.2, 0.25) is 15.9 Å². The van der Waals surface area contributed by atoms with E-state index < -0.39 is 15.9 Å². The minimum Gasteiger partial charge on any atom is -0.497 e. The van der Waals surface area contributed by atoms with Gasteiger partial charge in [0.05, 0.1) is 32.3 Å². The third-order valence-corrected chi connectivity index (χ3v) is 7.34. The second-order valence-electron chi connectivity index (χ2n) is 7.06. The molecular weight excluding hydrogens is 444 g/mol. The van der Waals surface area contributed by atoms with Crippen molar-refractivity contribution in [1.29, 1.82) is 0 Å². The molecule has 1 saturated heterocycles. The molecule has 2 aromatic carbocycles. The van der Waals surface area contributed by atoms with E-state index in [1.54, 1.807) is 30.3 Å². The zero-order valence-corrected chi connectivity index (χ0v) is 19.1. The average Bonchev–Trinajstić information content (AvgIpc) is 2.78. The predicted octanol–water partition coefficient (Wildman–Crippen LogP) is 3.41. The highest BCUT2D eigenvalue weighted by Gasteiger charge is 2.35. The number of carbonyl (C=O) groups is 1. The predicted molar refractivity (Wildman–Crippen MR) is 118 cm³/mol. The number of rotatable bonds is 7. The fourth-order valence-corrected chi connectivity index (χ4v) is 5.44. The molecule has 1 atom stereocenters. The van der Waals surface area contributed by atoms with Gasteiger partial charge in [0.1, 0.15) is 22.1 Å². The fraction of sp³-hybridized carbons (Fsp3) is 0.381. The number of hydrogen-bond acceptors (Lipinski definition) is 6. The summed E-state index contributed by atoms with van der Waals surface area (Å²) < 4.78 is 43.4. The quantitative estimate of drug-likeness (QED) is 0.669. The Labute approximate surface area is 187 Å². The molecule has 1 N–H and O–H groups in total. The van der Waals surface area contributed by atoms with Gasteiger partial charge in [-0.3, -0.25) is 4.79 Å². The lowest BCUT2D eigenvalue weighted by atomic mass is 9.98. The van der Waals surface area contributed by atoms with Crippen molar-refractivity contribution in [2.75, 3.05) is 39.7 Å². The SMILES string of the molecule is COc1ccc(OC)c(S(=O)(=O)N2CCC[C@@H](C(=O)Nc3ccc(OC)c(Cl)c3)C2)c1. The highest BCUT2D eigenvalue weighted by atomic mass is 35.5. The molecule has 0 saturated carbocycles. The smallest absolute Gasteiger partial charge is 0.246 e. The largest absolute Gasteiger partial charge is 0.497 e. The Hall–Kier alpha value is -2.49. The van der Waals surface area contributed by atoms with Crippen LogP contribution in [-0.4, -0.2) is 53.0 Å². The Morgan fingerprint density at radius 1 is 1.06 bits per heavy atom. The van der Waals surface area contributed by atoms with Crippen molar-refractivity contribution in [2.45, 2.75) is 17.7 Å². The maximum atomic E-state index is 13.3. The van der Waals surface area contributed by atoms with Crippen molar-refractivity contribution in [3.8, 4) is 17.2 Å². The van der Waals surface area contributed by atoms with Crippen LogP contribution in [0.3, 0.4) is 0 Å². The van der Waals surface area contributed by atoms with E-state index in [1.165, 1.54) is 31.7 Å². The first-order valence-corrected chi connectivity index (χ1v) is 11.5. The summed E-state index contributed by atoms with van der Waals surface area (Å²) in [5, 5.41) is 3.18. The first-order chi connectivity index (χ1) is 14.8. The van der Waals surface area contributed by atoms with E-state index in [0.717, 1.165) is 0 Å². The summed E-state index contributed by atoms with van der Waals surface area (Å²) >= 11 is 6.12. The summed E-state index contributed by atoms with van der Waals surface area (Å²) in [7, 11) is 0.499. The molecule has 3 rings (SSSR count). The number of piperidine rings is 1. The van der Waals surface area contributed by atoms with Gasteiger partial charge >= 0.3 is 0 Å². The maximum Gasteiger partial charge on any atom is 0.246 e. The van der Waals surface area contributed by atoms with Gasteiger partial charge in [-0.25, -0.2) is 8.42 Å². The molecule has 1 fully saturated rings. The van der Waals surface area contributed by atoms with Gasteiger partial charge < -0.3 is 19.5 Å². The molecule has 1 aliphatic rings. The first-order valence-electron chi connectivity index (χ1n) is 9.66. The van der Waals surface area contributed by atoms with E-state index in [0.29, 0.717) is 41.6 Å². The van der Waals surface area contributed by atoms with Crippen LogP contribution in [0.15, 0.2) is 41.3 Å². The van der Waals surface area contributed by atoms with E-state index in [1.807, 2.05) is 0 Å². The molecule has 0 spiro atoms. The standard InChI is InChI=1S/C21H25ClN2O6S/c1-28-16-7-9-19(30-3)20(12-16)31(26,27)24-10-4-5-14(13-24)21(25)23-15-6-8-18(29-2)17(22)11-15/h6-9,11-12,14H,4-5,10,13H2,1-3H3,(H,23,25)/t14-/m1/s1. The molecular formula is C21H25ClN2O6S. The Bertz CT molecular complexity index is 1060. The minimum absolute atomic E-state index is 0.0114. The molecule has 1 amide bonds. The number of nitrogens with one attached hydrogen (secondary N) is 1. The summed E-state index contributed by atoms with van der Waals surface area (Å²) in [6.45, 7) is 0.388. The summed E-state index contributed by atoms with van der Waals surface area (Å²) in [5.74, 6) is 0.365. The van der Waals surface area contributed by atoms with E-state index in [4.69, 9.17) is 25.8 Å². The molecule has 0 bridgehead atoms. The molecule has 0 unspecified atom stereocenters. The number of carbonyl (C=O) groups excluding carboxylic acids is 1. The van der Waals surface area contributed by atoms with Gasteiger partial charge in [-0.1, -0.05) is 11.6 Å². The average molecular weight is 469 g/mol. The van der Waals surface area contributed by atoms with Crippen LogP contribution >= 0.6 is 11.6 Å². The van der Waals surface area contributed by atoms with Gasteiger partial charge in [-0.2, -0.15) is 4.31 Å². The first kappa shape index (κ1) is 23.2. The normalized spacial score (nSPS) is 17.1. The lowest BCUT2D eigenvalue weighted by molar-refractivity contribution is -0.120. The van der Waals surface area contributed by atoms with Gasteiger partial charge in [0.15, 0.2) is 0 Å². The van der Waals surface area contributed by atoms with E-state index in [9.17, 15) is 13.2 Å². The van der Waals surface area contributed by atoms with Crippen molar-refractivity contribution >= 4 is 33.2 Å². The number of methoxy groups -OCH3 is 3. The summed E-state index contributed by atoms with van der Waals surface area (Å²) in [5.41, 5.74) is 0.519. The van der Waals surface area contributed by atoms with E-state index in [-0.39, 0.29) is 23.1 Å². The number of hydrogen-bond donors (Lipinski definition) is 1. The lowest BCUT2D eigenvalue weighted by Crippen LogP contribution is -2.43. The van der Waals surface area contributed by atoms with Crippen molar-refractivity contribution < 1.29 is 27.4 Å². The molecule has 8 nitrogen and oxygen atoms in total. The highest BCUT2D eigenvalue weighted by molar-refractivity contribution is 7.89. The van der Waals surface area contributed by atoms with Crippen LogP contribution in [0.5, 0.6) is 17.2 Å². The zero-order chi connectivity index (χ0) is 22.6. The number of sulfonamides is 1. The van der Waals surface area contributed by atoms with Crippen molar-refractivity contribution in [3.63, 3.8) is 0 Å². The molecule has 31 heavy (non-hydrogen) atoms. The van der Waals surface area contributed by atoms with Crippen molar-refractivity contribution in [3.05, 3.63) is 41.4 Å². The van der Waals surface area contributed by atoms with Crippen LogP contribution in [0.1, 0.15) is 12.8 Å². The number of nitrogens with zero attached hydrogens (tertiary/aromatic N) is 1. The minimum atomic E-state index is -3.88. The molecule has 2 aromatic rings. The summed E-state index contributed by atoms with van der Waals surface area (Å²) in [6.07, 6.45) is 1.14. The van der Waals surface area contributed by atoms with Crippen LogP contribution in [0.2, 0.25) is 5.02 Å². The molecule has 1 aliphatic heterocycles. The van der Waals surface area contributed by atoms with Crippen molar-refractivity contribution in [1.82, 2.24) is 4.31 Å². The second kappa shape index (κ2) is 9.76. The fourth-order valence-electron chi connectivity index (χ4n) is 3.49. The van der Waals surface area contributed by atoms with Crippen molar-refractivity contribution in [2.24, 2.45) is 5.92 Å². The topological polar surface area (TPSA) is 94.2 Å². The van der Waals surface area contributed by atoms with Gasteiger partial charge in [0.25, 0.3) is 0 Å². The van der Waals surface area contributed by atoms with Gasteiger partial charge in [0, 0.05) is 24.8 Å². The Kier molecular flexibility index (Phi) is 7.30. The highest BCUT2D eigenvalue weighted by Crippen LogP contribution is 2.33. The van der Waals surface area contributed by atoms with Crippen LogP contribution in [-0.2, 0) is 14.8 Å². The van der Waals surface area contributed by atoms with Crippen LogP contribution in [0, 0.1) is 5.92 Å². The van der Waals surface area contributed by atoms with Gasteiger partial charge in [-0.15, -0.1) is 0 Å². The zero-order valence-electron chi connectivity index (χ0n) is 17.6. The third-order valence-electron chi connectivity index (χ3n) is 5.16. The van der Waals surface area contributed by atoms with Crippen LogP contribution < -0.4 is 19.5 Å². The summed E-state index contributed by atoms with van der Waals surface area (Å²) in [4.78, 5) is 12.8. The second-order valence-corrected chi connectivity index (χ2v) is 9.37. The molecule has 0 aromatic heterocycles. The number of halogens is 1. The number of anilines is 1. The Balaban J connectivity index is 1.78. The van der Waals surface area contributed by atoms with Gasteiger partial charge in [-0.05, 0) is 43.2 Å². The van der Waals surface area contributed by atoms with E-state index in [2.05, 4.69) is 5.32 Å². The molecule has 0 radical (unpaired) electrons. The third kappa shape index (κ3) is 5.06. The molecule has 1 heterocycles. The van der Waals surface area contributed by atoms with E-state index >= 15 is 0 Å². The number of amides is 1. The molecule has 168 valence electrons. The maximum absolute atomic E-state index is 13.3. The molecule has 0 aliphatic carbocycles. The Morgan fingerprint density at radius 2 is 1.77 bits per heavy atom. The monoisotopic (exact) mass is 468 g/mol. The Morgan fingerprint density at radius 3 is 2.42 bits per heavy atom. The molecule has 10 heteroatoms. The van der Waals surface area contributed by atoms with Crippen LogP contribution in [0.4, 0.5) is 5.69 Å².